The second-order valence-electron chi connectivity index (χ2n) is 2.48. The number of hydrogen-bond acceptors (Lipinski definition) is 0. The van der Waals surface area contributed by atoms with E-state index in [0.29, 0.717) is 0 Å². The van der Waals surface area contributed by atoms with Gasteiger partial charge in [-0.15, -0.1) is 0 Å². The summed E-state index contributed by atoms with van der Waals surface area (Å²) in [6, 6.07) is 14.8. The molecule has 11 heavy (non-hydrogen) atoms. The van der Waals surface area contributed by atoms with Gasteiger partial charge in [-0.05, 0) is 0 Å². The fraction of sp³-hybridized carbons (Fsp3) is 0. The van der Waals surface area contributed by atoms with Gasteiger partial charge in [0, 0.05) is 0 Å². The van der Waals surface area contributed by atoms with Crippen LogP contribution in [0.4, 0.5) is 0 Å². The number of rotatable bonds is 0. The molecule has 0 aliphatic carbocycles. The van der Waals surface area contributed by atoms with Gasteiger partial charge in [0.05, 0.1) is 0 Å². The molecule has 0 aliphatic heterocycles. The van der Waals surface area contributed by atoms with E-state index < -0.39 is 0 Å². The van der Waals surface area contributed by atoms with Crippen LogP contribution in [-0.4, -0.2) is 0 Å². The van der Waals surface area contributed by atoms with Gasteiger partial charge in [0.25, 0.3) is 0 Å². The van der Waals surface area contributed by atoms with Crippen LogP contribution in [0.15, 0.2) is 42.5 Å². The number of fused-ring (bicyclic) bond motifs is 1. The molecule has 2 aromatic rings. The Hall–Kier alpha value is -0.612. The molecule has 0 N–H and O–H groups in total. The van der Waals surface area contributed by atoms with Crippen LogP contribution in [-0.2, 0) is 19.8 Å². The van der Waals surface area contributed by atoms with Crippen molar-refractivity contribution in [1.29, 1.82) is 0 Å². The molecule has 1 heteroatoms. The van der Waals surface area contributed by atoms with Crippen molar-refractivity contribution in [2.75, 3.05) is 0 Å². The normalized spacial score (nSPS) is 10.2. The molecule has 0 saturated heterocycles. The fourth-order valence-corrected chi connectivity index (χ4v) is 1.85. The van der Waals surface area contributed by atoms with Gasteiger partial charge in [0.15, 0.2) is 0 Å². The molecule has 0 unspecified atom stereocenters. The second-order valence-corrected chi connectivity index (χ2v) is 3.56. The third kappa shape index (κ3) is 1.23. The third-order valence-electron chi connectivity index (χ3n) is 1.75. The van der Waals surface area contributed by atoms with Crippen molar-refractivity contribution in [3.05, 3.63) is 42.5 Å². The molecule has 0 fully saturated rings. The van der Waals surface area contributed by atoms with E-state index >= 15 is 0 Å². The summed E-state index contributed by atoms with van der Waals surface area (Å²) in [6.45, 7) is 0. The van der Waals surface area contributed by atoms with Crippen LogP contribution in [0.3, 0.4) is 0 Å². The Balaban J connectivity index is 2.91. The summed E-state index contributed by atoms with van der Waals surface area (Å²) in [7, 11) is 0. The monoisotopic (exact) mass is 225 g/mol. The van der Waals surface area contributed by atoms with E-state index in [1.165, 1.54) is 14.7 Å². The zero-order valence-electron chi connectivity index (χ0n) is 5.95. The third-order valence-corrected chi connectivity index (χ3v) is 2.62. The van der Waals surface area contributed by atoms with E-state index in [1.54, 1.807) is 0 Å². The van der Waals surface area contributed by atoms with Crippen molar-refractivity contribution < 1.29 is 19.8 Å². The molecule has 0 amide bonds. The van der Waals surface area contributed by atoms with Gasteiger partial charge < -0.3 is 0 Å². The fourth-order valence-electron chi connectivity index (χ4n) is 1.20. The van der Waals surface area contributed by atoms with Gasteiger partial charge in [-0.25, -0.2) is 0 Å². The Morgan fingerprint density at radius 1 is 0.818 bits per heavy atom. The Kier molecular flexibility index (Phi) is 1.79. The minimum absolute atomic E-state index is 1.33. The summed E-state index contributed by atoms with van der Waals surface area (Å²) in [6.07, 6.45) is 0. The van der Waals surface area contributed by atoms with Crippen molar-refractivity contribution in [2.24, 2.45) is 0 Å². The topological polar surface area (TPSA) is 0 Å². The zero-order valence-corrected chi connectivity index (χ0v) is 7.96. The predicted octanol–water partition coefficient (Wildman–Crippen LogP) is 2.01. The average molecular weight is 223 g/mol. The molecule has 53 valence electrons. The van der Waals surface area contributed by atoms with Gasteiger partial charge in [0.2, 0.25) is 0 Å². The molecule has 0 nitrogen and oxygen atoms in total. The summed E-state index contributed by atoms with van der Waals surface area (Å²) in [5, 5.41) is 2.69. The maximum atomic E-state index is 2.16. The summed E-state index contributed by atoms with van der Waals surface area (Å²) >= 11 is 2.07. The molecule has 2 aromatic carbocycles. The second kappa shape index (κ2) is 2.79. The Labute approximate surface area is 77.1 Å². The van der Waals surface area contributed by atoms with E-state index in [-0.39, 0.29) is 0 Å². The molecular weight excluding hydrogens is 216 g/mol. The van der Waals surface area contributed by atoms with Crippen molar-refractivity contribution in [3.8, 4) is 0 Å². The molecule has 0 heterocycles. The van der Waals surface area contributed by atoms with Crippen LogP contribution in [0.5, 0.6) is 0 Å². The van der Waals surface area contributed by atoms with Gasteiger partial charge in [-0.2, -0.15) is 0 Å². The van der Waals surface area contributed by atoms with Gasteiger partial charge in [-0.1, -0.05) is 0 Å². The Morgan fingerprint density at radius 3 is 2.36 bits per heavy atom. The number of hydrogen-bond donors (Lipinski definition) is 0. The van der Waals surface area contributed by atoms with Crippen LogP contribution in [0, 0.1) is 0 Å². The molecule has 2 rings (SSSR count). The molecule has 0 aliphatic rings. The van der Waals surface area contributed by atoms with E-state index in [1.807, 2.05) is 0 Å². The predicted molar refractivity (Wildman–Crippen MR) is 43.6 cm³/mol. The molecule has 0 spiro atoms. The molecule has 0 radical (unpaired) electrons. The Morgan fingerprint density at radius 2 is 1.55 bits per heavy atom. The maximum absolute atomic E-state index is 2.16. The summed E-state index contributed by atoms with van der Waals surface area (Å²) in [5.74, 6) is 0. The van der Waals surface area contributed by atoms with E-state index in [4.69, 9.17) is 0 Å². The Bertz CT molecular complexity index is 374. The minimum atomic E-state index is 1.33. The van der Waals surface area contributed by atoms with Crippen LogP contribution in [0.1, 0.15) is 0 Å². The van der Waals surface area contributed by atoms with Crippen molar-refractivity contribution in [2.45, 2.75) is 0 Å². The van der Waals surface area contributed by atoms with Crippen molar-refractivity contribution in [1.82, 2.24) is 0 Å². The zero-order chi connectivity index (χ0) is 7.68. The quantitative estimate of drug-likeness (QED) is 0.599. The first-order chi connectivity index (χ1) is 5.38. The van der Waals surface area contributed by atoms with Crippen LogP contribution < -0.4 is 3.95 Å². The van der Waals surface area contributed by atoms with Crippen LogP contribution >= 0.6 is 0 Å². The van der Waals surface area contributed by atoms with Crippen molar-refractivity contribution >= 4 is 14.7 Å². The first-order valence-corrected chi connectivity index (χ1v) is 4.53. The van der Waals surface area contributed by atoms with Gasteiger partial charge >= 0.3 is 77.0 Å². The molecule has 0 bridgehead atoms. The standard InChI is InChI=1S/C10H7.Mo/c1-2-6-10-8-4-3-7-9(10)5-1;/h1-7H;. The molecule has 0 saturated carbocycles. The number of benzene rings is 2. The summed E-state index contributed by atoms with van der Waals surface area (Å²) < 4.78 is 1.36. The van der Waals surface area contributed by atoms with Crippen LogP contribution in [0.25, 0.3) is 10.8 Å². The van der Waals surface area contributed by atoms with E-state index in [9.17, 15) is 0 Å². The summed E-state index contributed by atoms with van der Waals surface area (Å²) in [5.41, 5.74) is 0. The van der Waals surface area contributed by atoms with Crippen molar-refractivity contribution in [3.63, 3.8) is 0 Å². The molecular formula is C10H7Mo. The van der Waals surface area contributed by atoms with Gasteiger partial charge in [0.1, 0.15) is 0 Å². The van der Waals surface area contributed by atoms with Crippen LogP contribution in [0.2, 0.25) is 0 Å². The average Bonchev–Trinajstić information content (AvgIpc) is 2.06. The van der Waals surface area contributed by atoms with Gasteiger partial charge in [-0.3, -0.25) is 0 Å². The first kappa shape index (κ1) is 7.06. The first-order valence-electron chi connectivity index (χ1n) is 3.53. The summed E-state index contributed by atoms with van der Waals surface area (Å²) in [4.78, 5) is 0. The SMILES string of the molecule is [Mo][c]1cccc2ccccc12. The molecule has 0 aromatic heterocycles. The molecule has 0 atom stereocenters. The van der Waals surface area contributed by atoms with E-state index in [2.05, 4.69) is 62.3 Å². The van der Waals surface area contributed by atoms with E-state index in [0.717, 1.165) is 0 Å².